The van der Waals surface area contributed by atoms with Crippen molar-refractivity contribution in [3.05, 3.63) is 59.7 Å². The molecule has 0 heterocycles. The normalized spacial score (nSPS) is 11.5. The molecule has 2 aromatic carbocycles. The van der Waals surface area contributed by atoms with Gasteiger partial charge in [-0.2, -0.15) is 23.5 Å². The zero-order valence-corrected chi connectivity index (χ0v) is 20.4. The molecule has 2 N–H and O–H groups in total. The molecule has 0 fully saturated rings. The van der Waals surface area contributed by atoms with E-state index in [1.165, 1.54) is 11.1 Å². The maximum absolute atomic E-state index is 8.79. The van der Waals surface area contributed by atoms with E-state index in [2.05, 4.69) is 38.1 Å². The summed E-state index contributed by atoms with van der Waals surface area (Å²) in [4.78, 5) is 0. The Morgan fingerprint density at radius 3 is 1.39 bits per heavy atom. The predicted molar refractivity (Wildman–Crippen MR) is 134 cm³/mol. The molecule has 0 aliphatic heterocycles. The van der Waals surface area contributed by atoms with Gasteiger partial charge < -0.3 is 19.7 Å². The summed E-state index contributed by atoms with van der Waals surface area (Å²) < 4.78 is 11.7. The largest absolute Gasteiger partial charge is 0.494 e. The van der Waals surface area contributed by atoms with E-state index in [1.807, 2.05) is 24.3 Å². The molecule has 0 atom stereocenters. The summed E-state index contributed by atoms with van der Waals surface area (Å²) >= 11 is 3.51. The molecule has 2 aromatic rings. The Balaban J connectivity index is 1.82. The standard InChI is InChI=1S/C25H36O4S2/c1-25(2,21-5-9-23(10-6-21)28-15-3-17-30-19-13-26)22-7-11-24(12-8-22)29-16-4-18-31-20-14-27/h5-12,26-27H,3-4,13-20H2,1-2H3. The van der Waals surface area contributed by atoms with Crippen LogP contribution in [0.5, 0.6) is 11.5 Å². The fourth-order valence-corrected chi connectivity index (χ4v) is 4.45. The van der Waals surface area contributed by atoms with Gasteiger partial charge in [0.2, 0.25) is 0 Å². The lowest BCUT2D eigenvalue weighted by molar-refractivity contribution is 0.316. The Hall–Kier alpha value is -1.34. The smallest absolute Gasteiger partial charge is 0.119 e. The van der Waals surface area contributed by atoms with E-state index < -0.39 is 0 Å². The zero-order chi connectivity index (χ0) is 22.4. The van der Waals surface area contributed by atoms with Crippen molar-refractivity contribution in [3.8, 4) is 11.5 Å². The molecule has 6 heteroatoms. The number of thioether (sulfide) groups is 2. The van der Waals surface area contributed by atoms with Gasteiger partial charge in [-0.3, -0.25) is 0 Å². The summed E-state index contributed by atoms with van der Waals surface area (Å²) in [5.41, 5.74) is 2.37. The average molecular weight is 465 g/mol. The van der Waals surface area contributed by atoms with Crippen LogP contribution in [0, 0.1) is 0 Å². The van der Waals surface area contributed by atoms with Crippen LogP contribution in [0.1, 0.15) is 37.8 Å². The molecule has 0 amide bonds. The van der Waals surface area contributed by atoms with Crippen molar-refractivity contribution in [2.75, 3.05) is 49.4 Å². The first-order valence-corrected chi connectivity index (χ1v) is 13.2. The van der Waals surface area contributed by atoms with Crippen molar-refractivity contribution < 1.29 is 19.7 Å². The number of ether oxygens (including phenoxy) is 2. The summed E-state index contributed by atoms with van der Waals surface area (Å²) in [7, 11) is 0. The van der Waals surface area contributed by atoms with E-state index in [1.54, 1.807) is 23.5 Å². The van der Waals surface area contributed by atoms with E-state index in [0.29, 0.717) is 13.2 Å². The first kappa shape index (κ1) is 25.9. The molecule has 172 valence electrons. The topological polar surface area (TPSA) is 58.9 Å². The van der Waals surface area contributed by atoms with Crippen molar-refractivity contribution in [1.29, 1.82) is 0 Å². The second-order valence-electron chi connectivity index (χ2n) is 7.75. The summed E-state index contributed by atoms with van der Waals surface area (Å²) in [6.07, 6.45) is 1.96. The Morgan fingerprint density at radius 2 is 1.03 bits per heavy atom. The molecule has 0 aromatic heterocycles. The zero-order valence-electron chi connectivity index (χ0n) is 18.7. The number of aliphatic hydroxyl groups is 2. The van der Waals surface area contributed by atoms with Crippen LogP contribution in [-0.2, 0) is 5.41 Å². The van der Waals surface area contributed by atoms with Gasteiger partial charge in [-0.25, -0.2) is 0 Å². The Labute approximate surface area is 195 Å². The van der Waals surface area contributed by atoms with Crippen LogP contribution in [0.3, 0.4) is 0 Å². The Morgan fingerprint density at radius 1 is 0.645 bits per heavy atom. The van der Waals surface area contributed by atoms with Crippen molar-refractivity contribution in [2.45, 2.75) is 32.1 Å². The Kier molecular flexibility index (Phi) is 12.3. The number of hydrogen-bond acceptors (Lipinski definition) is 6. The summed E-state index contributed by atoms with van der Waals surface area (Å²) in [6, 6.07) is 16.8. The molecule has 0 aliphatic carbocycles. The molecular formula is C25H36O4S2. The van der Waals surface area contributed by atoms with Crippen LogP contribution in [-0.4, -0.2) is 59.7 Å². The van der Waals surface area contributed by atoms with Crippen LogP contribution in [0.15, 0.2) is 48.5 Å². The van der Waals surface area contributed by atoms with Crippen LogP contribution in [0.2, 0.25) is 0 Å². The lowest BCUT2D eigenvalue weighted by Gasteiger charge is -2.26. The Bertz CT molecular complexity index is 656. The molecule has 0 spiro atoms. The highest BCUT2D eigenvalue weighted by molar-refractivity contribution is 7.99. The van der Waals surface area contributed by atoms with Crippen LogP contribution < -0.4 is 9.47 Å². The van der Waals surface area contributed by atoms with Crippen LogP contribution in [0.25, 0.3) is 0 Å². The predicted octanol–water partition coefficient (Wildman–Crippen LogP) is 5.00. The van der Waals surface area contributed by atoms with Gasteiger partial charge in [0, 0.05) is 16.9 Å². The van der Waals surface area contributed by atoms with E-state index in [0.717, 1.165) is 47.4 Å². The average Bonchev–Trinajstić information content (AvgIpc) is 2.79. The molecule has 0 bridgehead atoms. The van der Waals surface area contributed by atoms with Gasteiger partial charge in [0.15, 0.2) is 0 Å². The minimum Gasteiger partial charge on any atom is -0.494 e. The molecule has 4 nitrogen and oxygen atoms in total. The van der Waals surface area contributed by atoms with Gasteiger partial charge in [-0.05, 0) is 59.7 Å². The fraction of sp³-hybridized carbons (Fsp3) is 0.520. The van der Waals surface area contributed by atoms with E-state index >= 15 is 0 Å². The van der Waals surface area contributed by atoms with E-state index in [-0.39, 0.29) is 18.6 Å². The second kappa shape index (κ2) is 14.7. The lowest BCUT2D eigenvalue weighted by atomic mass is 9.78. The van der Waals surface area contributed by atoms with Crippen molar-refractivity contribution in [1.82, 2.24) is 0 Å². The molecule has 0 saturated carbocycles. The highest BCUT2D eigenvalue weighted by atomic mass is 32.2. The van der Waals surface area contributed by atoms with Gasteiger partial charge in [0.25, 0.3) is 0 Å². The quantitative estimate of drug-likeness (QED) is 0.341. The molecular weight excluding hydrogens is 428 g/mol. The number of aliphatic hydroxyl groups excluding tert-OH is 2. The summed E-state index contributed by atoms with van der Waals surface area (Å²) in [6.45, 7) is 6.34. The minimum absolute atomic E-state index is 0.112. The third kappa shape index (κ3) is 9.36. The molecule has 0 aliphatic rings. The molecule has 31 heavy (non-hydrogen) atoms. The second-order valence-corrected chi connectivity index (χ2v) is 10.2. The molecule has 0 radical (unpaired) electrons. The van der Waals surface area contributed by atoms with Gasteiger partial charge in [-0.15, -0.1) is 0 Å². The number of benzene rings is 2. The van der Waals surface area contributed by atoms with Gasteiger partial charge in [-0.1, -0.05) is 38.1 Å². The van der Waals surface area contributed by atoms with Gasteiger partial charge >= 0.3 is 0 Å². The van der Waals surface area contributed by atoms with Gasteiger partial charge in [0.1, 0.15) is 11.5 Å². The molecule has 0 saturated heterocycles. The van der Waals surface area contributed by atoms with E-state index in [4.69, 9.17) is 19.7 Å². The SMILES string of the molecule is CC(C)(c1ccc(OCCCSCCO)cc1)c1ccc(OCCCSCCO)cc1. The highest BCUT2D eigenvalue weighted by Crippen LogP contribution is 2.33. The summed E-state index contributed by atoms with van der Waals surface area (Å²) in [5.74, 6) is 5.39. The fourth-order valence-electron chi connectivity index (χ4n) is 3.14. The first-order chi connectivity index (χ1) is 15.1. The van der Waals surface area contributed by atoms with Gasteiger partial charge in [0.05, 0.1) is 26.4 Å². The van der Waals surface area contributed by atoms with Crippen molar-refractivity contribution in [2.24, 2.45) is 0 Å². The minimum atomic E-state index is -0.112. The molecule has 0 unspecified atom stereocenters. The monoisotopic (exact) mass is 464 g/mol. The number of rotatable bonds is 16. The third-order valence-corrected chi connectivity index (χ3v) is 7.12. The van der Waals surface area contributed by atoms with Crippen LogP contribution >= 0.6 is 23.5 Å². The first-order valence-electron chi connectivity index (χ1n) is 10.9. The van der Waals surface area contributed by atoms with Crippen molar-refractivity contribution >= 4 is 23.5 Å². The molecule has 2 rings (SSSR count). The maximum atomic E-state index is 8.79. The highest BCUT2D eigenvalue weighted by Gasteiger charge is 2.23. The van der Waals surface area contributed by atoms with E-state index in [9.17, 15) is 0 Å². The third-order valence-electron chi connectivity index (χ3n) is 5.03. The maximum Gasteiger partial charge on any atom is 0.119 e. The summed E-state index contributed by atoms with van der Waals surface area (Å²) in [5, 5.41) is 17.6. The lowest BCUT2D eigenvalue weighted by Crippen LogP contribution is -2.18. The van der Waals surface area contributed by atoms with Crippen LogP contribution in [0.4, 0.5) is 0 Å². The van der Waals surface area contributed by atoms with Crippen molar-refractivity contribution in [3.63, 3.8) is 0 Å². The number of hydrogen-bond donors (Lipinski definition) is 2.